The van der Waals surface area contributed by atoms with Crippen LogP contribution in [0.2, 0.25) is 0 Å². The molecule has 104 valence electrons. The molecule has 19 heavy (non-hydrogen) atoms. The fourth-order valence-electron chi connectivity index (χ4n) is 1.76. The molecule has 0 unspecified atom stereocenters. The number of carbonyl (C=O) groups is 1. The van der Waals surface area contributed by atoms with E-state index < -0.39 is 11.7 Å². The van der Waals surface area contributed by atoms with Gasteiger partial charge < -0.3 is 9.47 Å². The maximum Gasteiger partial charge on any atom is 0.416 e. The van der Waals surface area contributed by atoms with Crippen LogP contribution in [0.5, 0.6) is 0 Å². The molecular formula is C13H17BrN2O3. The predicted octanol–water partition coefficient (Wildman–Crippen LogP) is 3.12. The van der Waals surface area contributed by atoms with E-state index in [-0.39, 0.29) is 0 Å². The quantitative estimate of drug-likeness (QED) is 0.734. The van der Waals surface area contributed by atoms with E-state index in [4.69, 9.17) is 9.47 Å². The number of amides is 1. The smallest absolute Gasteiger partial charge is 0.416 e. The third kappa shape index (κ3) is 3.67. The lowest BCUT2D eigenvalue weighted by molar-refractivity contribution is 0.0565. The maximum atomic E-state index is 12.2. The van der Waals surface area contributed by atoms with Crippen LogP contribution in [-0.2, 0) is 16.1 Å². The Morgan fingerprint density at radius 2 is 2.26 bits per heavy atom. The highest BCUT2D eigenvalue weighted by Gasteiger charge is 2.27. The number of anilines is 1. The zero-order valence-electron chi connectivity index (χ0n) is 11.3. The Kier molecular flexibility index (Phi) is 4.10. The molecule has 0 bridgehead atoms. The lowest BCUT2D eigenvalue weighted by atomic mass is 10.2. The molecule has 1 aromatic heterocycles. The molecule has 1 aliphatic rings. The first-order chi connectivity index (χ1) is 8.87. The zero-order valence-corrected chi connectivity index (χ0v) is 12.9. The Balaban J connectivity index is 2.29. The van der Waals surface area contributed by atoms with E-state index in [2.05, 4.69) is 20.9 Å². The van der Waals surface area contributed by atoms with Gasteiger partial charge in [-0.25, -0.2) is 9.78 Å². The highest BCUT2D eigenvalue weighted by Crippen LogP contribution is 2.26. The largest absolute Gasteiger partial charge is 0.443 e. The first-order valence-corrected chi connectivity index (χ1v) is 6.89. The second-order valence-electron chi connectivity index (χ2n) is 5.32. The second-order valence-corrected chi connectivity index (χ2v) is 6.24. The van der Waals surface area contributed by atoms with Crippen molar-refractivity contribution in [3.8, 4) is 0 Å². The molecule has 0 aromatic carbocycles. The van der Waals surface area contributed by atoms with Crippen molar-refractivity contribution in [2.45, 2.75) is 33.0 Å². The summed E-state index contributed by atoms with van der Waals surface area (Å²) in [7, 11) is 0. The highest BCUT2D eigenvalue weighted by molar-refractivity contribution is 9.10. The molecule has 1 amide bonds. The molecule has 2 heterocycles. The van der Waals surface area contributed by atoms with E-state index in [1.165, 1.54) is 4.90 Å². The van der Waals surface area contributed by atoms with Crippen LogP contribution in [0.15, 0.2) is 16.7 Å². The summed E-state index contributed by atoms with van der Waals surface area (Å²) in [5.74, 6) is 0.606. The summed E-state index contributed by atoms with van der Waals surface area (Å²) in [6.45, 7) is 6.88. The van der Waals surface area contributed by atoms with Gasteiger partial charge in [-0.05, 0) is 42.8 Å². The summed E-state index contributed by atoms with van der Waals surface area (Å²) in [5, 5.41) is 0. The highest BCUT2D eigenvalue weighted by atomic mass is 79.9. The summed E-state index contributed by atoms with van der Waals surface area (Å²) in [6, 6.07) is 1.91. The van der Waals surface area contributed by atoms with Crippen LogP contribution in [0.4, 0.5) is 10.6 Å². The molecule has 1 aliphatic heterocycles. The van der Waals surface area contributed by atoms with E-state index in [9.17, 15) is 4.79 Å². The number of hydrogen-bond donors (Lipinski definition) is 0. The fourth-order valence-corrected chi connectivity index (χ4v) is 2.14. The minimum atomic E-state index is -0.528. The van der Waals surface area contributed by atoms with E-state index in [0.717, 1.165) is 10.0 Å². The molecular weight excluding hydrogens is 312 g/mol. The van der Waals surface area contributed by atoms with Gasteiger partial charge in [-0.2, -0.15) is 0 Å². The minimum absolute atomic E-state index is 0.394. The van der Waals surface area contributed by atoms with Gasteiger partial charge in [0.15, 0.2) is 0 Å². The van der Waals surface area contributed by atoms with Gasteiger partial charge in [0.05, 0.1) is 19.8 Å². The summed E-state index contributed by atoms with van der Waals surface area (Å²) < 4.78 is 11.7. The van der Waals surface area contributed by atoms with Crippen molar-refractivity contribution in [3.05, 3.63) is 22.3 Å². The first kappa shape index (κ1) is 14.3. The molecule has 5 nitrogen and oxygen atoms in total. The molecule has 0 atom stereocenters. The zero-order chi connectivity index (χ0) is 14.0. The molecule has 0 N–H and O–H groups in total. The van der Waals surface area contributed by atoms with Crippen LogP contribution in [-0.4, -0.2) is 29.8 Å². The number of carbonyl (C=O) groups excluding carboxylic acids is 1. The van der Waals surface area contributed by atoms with Crippen molar-refractivity contribution in [2.24, 2.45) is 0 Å². The molecule has 0 saturated carbocycles. The Hall–Kier alpha value is -1.14. The number of fused-ring (bicyclic) bond motifs is 1. The third-order valence-corrected chi connectivity index (χ3v) is 2.93. The van der Waals surface area contributed by atoms with Crippen LogP contribution in [0.3, 0.4) is 0 Å². The number of pyridine rings is 1. The van der Waals surface area contributed by atoms with Crippen molar-refractivity contribution in [2.75, 3.05) is 18.1 Å². The van der Waals surface area contributed by atoms with Crippen molar-refractivity contribution in [3.63, 3.8) is 0 Å². The monoisotopic (exact) mass is 328 g/mol. The van der Waals surface area contributed by atoms with E-state index in [0.29, 0.717) is 25.6 Å². The van der Waals surface area contributed by atoms with Crippen LogP contribution in [0.25, 0.3) is 0 Å². The normalized spacial score (nSPS) is 15.7. The minimum Gasteiger partial charge on any atom is -0.443 e. The van der Waals surface area contributed by atoms with E-state index in [1.54, 1.807) is 6.20 Å². The summed E-state index contributed by atoms with van der Waals surface area (Å²) in [5.41, 5.74) is 0.345. The summed E-state index contributed by atoms with van der Waals surface area (Å²) in [6.07, 6.45) is 1.27. The predicted molar refractivity (Wildman–Crippen MR) is 75.2 cm³/mol. The number of ether oxygens (including phenoxy) is 2. The van der Waals surface area contributed by atoms with Gasteiger partial charge in [-0.1, -0.05) is 0 Å². The van der Waals surface area contributed by atoms with Crippen LogP contribution >= 0.6 is 15.9 Å². The maximum absolute atomic E-state index is 12.2. The molecule has 1 aromatic rings. The number of aromatic nitrogens is 1. The fraction of sp³-hybridized carbons (Fsp3) is 0.538. The molecule has 2 rings (SSSR count). The van der Waals surface area contributed by atoms with Crippen LogP contribution in [0.1, 0.15) is 26.3 Å². The molecule has 6 heteroatoms. The average Bonchev–Trinajstić information content (AvgIpc) is 2.48. The Morgan fingerprint density at radius 3 is 2.95 bits per heavy atom. The standard InChI is InChI=1S/C13H17BrN2O3/c1-13(2,3)19-12(17)16-4-5-18-8-9-6-10(14)7-15-11(9)16/h6-7H,4-5,8H2,1-3H3. The number of rotatable bonds is 0. The third-order valence-electron chi connectivity index (χ3n) is 2.50. The summed E-state index contributed by atoms with van der Waals surface area (Å²) in [4.78, 5) is 18.0. The lowest BCUT2D eigenvalue weighted by Gasteiger charge is -2.26. The second kappa shape index (κ2) is 5.46. The SMILES string of the molecule is CC(C)(C)OC(=O)N1CCOCc2cc(Br)cnc21. The Bertz CT molecular complexity index is 485. The lowest BCUT2D eigenvalue weighted by Crippen LogP contribution is -2.38. The van der Waals surface area contributed by atoms with Crippen molar-refractivity contribution < 1.29 is 14.3 Å². The number of hydrogen-bond acceptors (Lipinski definition) is 4. The van der Waals surface area contributed by atoms with Crippen molar-refractivity contribution in [1.29, 1.82) is 0 Å². The van der Waals surface area contributed by atoms with Crippen molar-refractivity contribution in [1.82, 2.24) is 4.98 Å². The Labute approximate surface area is 121 Å². The van der Waals surface area contributed by atoms with Gasteiger partial charge in [0, 0.05) is 16.2 Å². The molecule has 0 saturated heterocycles. The van der Waals surface area contributed by atoms with Gasteiger partial charge in [0.2, 0.25) is 0 Å². The van der Waals surface area contributed by atoms with Crippen molar-refractivity contribution >= 4 is 27.8 Å². The van der Waals surface area contributed by atoms with Crippen LogP contribution < -0.4 is 4.90 Å². The molecule has 0 radical (unpaired) electrons. The van der Waals surface area contributed by atoms with Gasteiger partial charge >= 0.3 is 6.09 Å². The van der Waals surface area contributed by atoms with Gasteiger partial charge in [0.1, 0.15) is 11.4 Å². The topological polar surface area (TPSA) is 51.7 Å². The van der Waals surface area contributed by atoms with Gasteiger partial charge in [0.25, 0.3) is 0 Å². The molecule has 0 aliphatic carbocycles. The first-order valence-electron chi connectivity index (χ1n) is 6.09. The van der Waals surface area contributed by atoms with Gasteiger partial charge in [-0.3, -0.25) is 4.90 Å². The Morgan fingerprint density at radius 1 is 1.53 bits per heavy atom. The molecule has 0 spiro atoms. The van der Waals surface area contributed by atoms with Gasteiger partial charge in [-0.15, -0.1) is 0 Å². The number of nitrogens with zero attached hydrogens (tertiary/aromatic N) is 2. The summed E-state index contributed by atoms with van der Waals surface area (Å²) >= 11 is 3.37. The van der Waals surface area contributed by atoms with E-state index >= 15 is 0 Å². The number of halogens is 1. The van der Waals surface area contributed by atoms with E-state index in [1.807, 2.05) is 26.8 Å². The van der Waals surface area contributed by atoms with Crippen LogP contribution in [0, 0.1) is 0 Å². The molecule has 0 fully saturated rings. The average molecular weight is 329 g/mol.